The molecule has 0 fully saturated rings. The lowest BCUT2D eigenvalue weighted by atomic mass is 9.97. The summed E-state index contributed by atoms with van der Waals surface area (Å²) in [6, 6.07) is 15.5. The molecule has 32 heavy (non-hydrogen) atoms. The van der Waals surface area contributed by atoms with Gasteiger partial charge in [-0.2, -0.15) is 0 Å². The highest BCUT2D eigenvalue weighted by atomic mass is 33.1. The van der Waals surface area contributed by atoms with Crippen molar-refractivity contribution in [2.24, 2.45) is 0 Å². The van der Waals surface area contributed by atoms with Gasteiger partial charge in [-0.05, 0) is 23.3 Å². The summed E-state index contributed by atoms with van der Waals surface area (Å²) in [5.74, 6) is -2.52. The number of carboxylic acids is 2. The van der Waals surface area contributed by atoms with Crippen molar-refractivity contribution in [1.82, 2.24) is 9.97 Å². The molecule has 8 heteroatoms. The van der Waals surface area contributed by atoms with E-state index in [0.29, 0.717) is 0 Å². The average Bonchev–Trinajstić information content (AvgIpc) is 3.40. The average molecular weight is 469 g/mol. The number of nitrogens with one attached hydrogen (secondary N) is 2. The molecule has 4 rings (SSSR count). The smallest absolute Gasteiger partial charge is 0.318 e. The van der Waals surface area contributed by atoms with E-state index in [9.17, 15) is 19.8 Å². The zero-order chi connectivity index (χ0) is 22.8. The molecule has 0 radical (unpaired) electrons. The molecular weight excluding hydrogens is 444 g/mol. The minimum atomic E-state index is -0.954. The van der Waals surface area contributed by atoms with Gasteiger partial charge in [-0.15, -0.1) is 0 Å². The Morgan fingerprint density at radius 3 is 1.47 bits per heavy atom. The lowest BCUT2D eigenvalue weighted by Gasteiger charge is -2.23. The van der Waals surface area contributed by atoms with Gasteiger partial charge in [0.1, 0.15) is 10.5 Å². The van der Waals surface area contributed by atoms with Crippen LogP contribution in [0, 0.1) is 0 Å². The number of fused-ring (bicyclic) bond motifs is 2. The standard InChI is InChI=1S/C24H24N2O4S2/c1-13(17-11-25-19-9-5-3-7-15(17)19)21(23(27)28)31-32-22(24(29)30)14(2)18-12-26-20-10-6-4-8-16(18)20/h3-14,21-22,25-26H,1-2H3,(H,27,28)(H,29,30). The number of hydrogen-bond acceptors (Lipinski definition) is 4. The number of aromatic nitrogens is 2. The van der Waals surface area contributed by atoms with Gasteiger partial charge in [0.2, 0.25) is 0 Å². The molecule has 0 aliphatic heterocycles. The van der Waals surface area contributed by atoms with Gasteiger partial charge in [0.05, 0.1) is 0 Å². The molecule has 4 aromatic rings. The molecule has 6 nitrogen and oxygen atoms in total. The normalized spacial score (nSPS) is 15.4. The molecule has 0 amide bonds. The van der Waals surface area contributed by atoms with Crippen molar-refractivity contribution in [3.8, 4) is 0 Å². The predicted molar refractivity (Wildman–Crippen MR) is 131 cm³/mol. The van der Waals surface area contributed by atoms with Crippen LogP contribution in [0.3, 0.4) is 0 Å². The highest BCUT2D eigenvalue weighted by Gasteiger charge is 2.34. The fourth-order valence-corrected chi connectivity index (χ4v) is 7.31. The number of H-pyrrole nitrogens is 2. The summed E-state index contributed by atoms with van der Waals surface area (Å²) in [6.07, 6.45) is 3.69. The fraction of sp³-hybridized carbons (Fsp3) is 0.250. The molecule has 0 aliphatic rings. The summed E-state index contributed by atoms with van der Waals surface area (Å²) in [4.78, 5) is 30.6. The van der Waals surface area contributed by atoms with E-state index in [4.69, 9.17) is 0 Å². The maximum atomic E-state index is 12.1. The topological polar surface area (TPSA) is 106 Å². The molecular formula is C24H24N2O4S2. The van der Waals surface area contributed by atoms with E-state index in [1.807, 2.05) is 74.8 Å². The quantitative estimate of drug-likeness (QED) is 0.230. The summed E-state index contributed by atoms with van der Waals surface area (Å²) in [7, 11) is 2.25. The molecule has 0 aliphatic carbocycles. The van der Waals surface area contributed by atoms with Crippen molar-refractivity contribution < 1.29 is 19.8 Å². The Kier molecular flexibility index (Phi) is 6.53. The van der Waals surface area contributed by atoms with Crippen molar-refractivity contribution in [2.45, 2.75) is 36.2 Å². The highest BCUT2D eigenvalue weighted by molar-refractivity contribution is 8.77. The molecule has 166 valence electrons. The second kappa shape index (κ2) is 9.34. The highest BCUT2D eigenvalue weighted by Crippen LogP contribution is 2.44. The van der Waals surface area contributed by atoms with E-state index < -0.39 is 22.4 Å². The zero-order valence-corrected chi connectivity index (χ0v) is 19.2. The first-order valence-electron chi connectivity index (χ1n) is 10.3. The summed E-state index contributed by atoms with van der Waals surface area (Å²) in [5, 5.41) is 20.2. The van der Waals surface area contributed by atoms with E-state index >= 15 is 0 Å². The third kappa shape index (κ3) is 4.25. The number of carboxylic acid groups (broad SMARTS) is 2. The number of benzene rings is 2. The van der Waals surface area contributed by atoms with Crippen molar-refractivity contribution in [1.29, 1.82) is 0 Å². The van der Waals surface area contributed by atoms with Gasteiger partial charge >= 0.3 is 11.9 Å². The van der Waals surface area contributed by atoms with Gasteiger partial charge in [0.15, 0.2) is 0 Å². The van der Waals surface area contributed by atoms with Crippen molar-refractivity contribution in [3.05, 3.63) is 72.1 Å². The number of aromatic amines is 2. The van der Waals surface area contributed by atoms with Crippen LogP contribution in [0.15, 0.2) is 60.9 Å². The second-order valence-corrected chi connectivity index (χ2v) is 10.4. The maximum Gasteiger partial charge on any atom is 0.318 e. The second-order valence-electron chi connectivity index (χ2n) is 7.87. The van der Waals surface area contributed by atoms with Gasteiger partial charge in [0.25, 0.3) is 0 Å². The summed E-state index contributed by atoms with van der Waals surface area (Å²) in [6.45, 7) is 3.75. The SMILES string of the molecule is CC(c1c[nH]c2ccccc12)C(SSC(C(=O)O)C(C)c1c[nH]c2ccccc12)C(=O)O. The number of carbonyl (C=O) groups is 2. The van der Waals surface area contributed by atoms with E-state index in [-0.39, 0.29) is 11.8 Å². The van der Waals surface area contributed by atoms with E-state index in [0.717, 1.165) is 54.5 Å². The molecule has 4 unspecified atom stereocenters. The van der Waals surface area contributed by atoms with Crippen LogP contribution in [0.1, 0.15) is 36.8 Å². The van der Waals surface area contributed by atoms with Gasteiger partial charge in [-0.1, -0.05) is 71.8 Å². The largest absolute Gasteiger partial charge is 0.480 e. The molecule has 2 aromatic heterocycles. The van der Waals surface area contributed by atoms with Crippen LogP contribution in [0.2, 0.25) is 0 Å². The minimum absolute atomic E-state index is 0.306. The van der Waals surface area contributed by atoms with Gasteiger partial charge in [-0.3, -0.25) is 9.59 Å². The Labute approximate surface area is 193 Å². The Morgan fingerprint density at radius 1 is 0.719 bits per heavy atom. The lowest BCUT2D eigenvalue weighted by Crippen LogP contribution is -2.26. The Hall–Kier alpha value is -2.84. The number of para-hydroxylation sites is 2. The third-order valence-corrected chi connectivity index (χ3v) is 9.20. The number of aliphatic carboxylic acids is 2. The molecule has 0 saturated heterocycles. The first kappa shape index (κ1) is 22.4. The number of rotatable bonds is 9. The zero-order valence-electron chi connectivity index (χ0n) is 17.6. The lowest BCUT2D eigenvalue weighted by molar-refractivity contribution is -0.137. The summed E-state index contributed by atoms with van der Waals surface area (Å²) in [5.41, 5.74) is 3.73. The summed E-state index contributed by atoms with van der Waals surface area (Å²) < 4.78 is 0. The molecule has 2 aromatic carbocycles. The molecule has 2 heterocycles. The van der Waals surface area contributed by atoms with Gasteiger partial charge in [0, 0.05) is 46.0 Å². The molecule has 0 spiro atoms. The monoisotopic (exact) mass is 468 g/mol. The van der Waals surface area contributed by atoms with Crippen LogP contribution >= 0.6 is 21.6 Å². The van der Waals surface area contributed by atoms with Gasteiger partial charge < -0.3 is 20.2 Å². The van der Waals surface area contributed by atoms with Crippen LogP contribution in [0.4, 0.5) is 0 Å². The maximum absolute atomic E-state index is 12.1. The molecule has 0 saturated carbocycles. The van der Waals surface area contributed by atoms with E-state index in [1.165, 1.54) is 0 Å². The predicted octanol–water partition coefficient (Wildman–Crippen LogP) is 5.84. The van der Waals surface area contributed by atoms with Crippen molar-refractivity contribution in [3.63, 3.8) is 0 Å². The molecule has 4 atom stereocenters. The Balaban J connectivity index is 1.56. The van der Waals surface area contributed by atoms with Gasteiger partial charge in [-0.25, -0.2) is 0 Å². The van der Waals surface area contributed by atoms with E-state index in [2.05, 4.69) is 9.97 Å². The molecule has 4 N–H and O–H groups in total. The van der Waals surface area contributed by atoms with Crippen LogP contribution in [0.5, 0.6) is 0 Å². The first-order valence-corrected chi connectivity index (χ1v) is 12.6. The third-order valence-electron chi connectivity index (χ3n) is 5.88. The van der Waals surface area contributed by atoms with Crippen LogP contribution in [0.25, 0.3) is 21.8 Å². The Bertz CT molecular complexity index is 1170. The van der Waals surface area contributed by atoms with Crippen LogP contribution in [-0.4, -0.2) is 42.6 Å². The van der Waals surface area contributed by atoms with Crippen LogP contribution < -0.4 is 0 Å². The first-order chi connectivity index (χ1) is 15.4. The van der Waals surface area contributed by atoms with E-state index in [1.54, 1.807) is 0 Å². The van der Waals surface area contributed by atoms with Crippen molar-refractivity contribution in [2.75, 3.05) is 0 Å². The fourth-order valence-electron chi connectivity index (χ4n) is 4.06. The minimum Gasteiger partial charge on any atom is -0.480 e. The molecule has 0 bridgehead atoms. The van der Waals surface area contributed by atoms with Crippen molar-refractivity contribution >= 4 is 55.3 Å². The number of hydrogen-bond donors (Lipinski definition) is 4. The summed E-state index contributed by atoms with van der Waals surface area (Å²) >= 11 is 0. The Morgan fingerprint density at radius 2 is 1.09 bits per heavy atom. The van der Waals surface area contributed by atoms with Crippen LogP contribution in [-0.2, 0) is 9.59 Å².